The molecule has 0 spiro atoms. The number of thiazole rings is 1. The molecule has 0 aliphatic heterocycles. The van der Waals surface area contributed by atoms with Crippen molar-refractivity contribution < 1.29 is 0 Å². The van der Waals surface area contributed by atoms with E-state index in [4.69, 9.17) is 5.73 Å². The van der Waals surface area contributed by atoms with Crippen LogP contribution < -0.4 is 15.9 Å². The van der Waals surface area contributed by atoms with Crippen molar-refractivity contribution in [2.45, 2.75) is 6.54 Å². The van der Waals surface area contributed by atoms with Crippen LogP contribution in [0.4, 0.5) is 11.8 Å². The van der Waals surface area contributed by atoms with Crippen LogP contribution >= 0.6 is 11.3 Å². The minimum Gasteiger partial charge on any atom is -0.368 e. The standard InChI is InChI=1S/C9H9N7OS/c10-8-15-6(5-7(16-8)13-3-12-5)11-1-4-2-18-9(17)14-4/h2-3H,1H2,(H,14,17)(H4,10,11,12,13,15,16). The lowest BCUT2D eigenvalue weighted by Gasteiger charge is -2.05. The molecule has 9 heteroatoms. The summed E-state index contributed by atoms with van der Waals surface area (Å²) < 4.78 is 0. The monoisotopic (exact) mass is 263 g/mol. The number of H-pyrrole nitrogens is 2. The van der Waals surface area contributed by atoms with Crippen LogP contribution in [-0.4, -0.2) is 24.9 Å². The summed E-state index contributed by atoms with van der Waals surface area (Å²) in [5, 5.41) is 4.83. The molecular weight excluding hydrogens is 254 g/mol. The van der Waals surface area contributed by atoms with E-state index in [1.54, 1.807) is 5.38 Å². The fraction of sp³-hybridized carbons (Fsp3) is 0.111. The normalized spacial score (nSPS) is 10.9. The van der Waals surface area contributed by atoms with Gasteiger partial charge in [0.25, 0.3) is 0 Å². The average molecular weight is 263 g/mol. The number of anilines is 2. The number of nitrogens with two attached hydrogens (primary N) is 1. The molecule has 3 aromatic heterocycles. The molecule has 0 amide bonds. The molecular formula is C9H9N7OS. The number of aromatic amines is 2. The molecule has 8 nitrogen and oxygen atoms in total. The number of hydrogen-bond acceptors (Lipinski definition) is 7. The summed E-state index contributed by atoms with van der Waals surface area (Å²) in [4.78, 5) is 28.6. The summed E-state index contributed by atoms with van der Waals surface area (Å²) in [5.74, 6) is 0.706. The zero-order valence-electron chi connectivity index (χ0n) is 9.10. The number of hydrogen-bond donors (Lipinski definition) is 4. The number of nitrogens with one attached hydrogen (secondary N) is 3. The van der Waals surface area contributed by atoms with Gasteiger partial charge in [0.05, 0.1) is 12.9 Å². The Morgan fingerprint density at radius 1 is 1.44 bits per heavy atom. The lowest BCUT2D eigenvalue weighted by atomic mass is 10.4. The zero-order valence-corrected chi connectivity index (χ0v) is 9.91. The summed E-state index contributed by atoms with van der Waals surface area (Å²) >= 11 is 1.12. The van der Waals surface area contributed by atoms with Gasteiger partial charge in [-0.2, -0.15) is 9.97 Å². The third-order valence-electron chi connectivity index (χ3n) is 2.32. The molecule has 92 valence electrons. The van der Waals surface area contributed by atoms with E-state index in [1.807, 2.05) is 0 Å². The molecule has 0 aliphatic rings. The number of nitrogens with zero attached hydrogens (tertiary/aromatic N) is 3. The van der Waals surface area contributed by atoms with Crippen LogP contribution in [-0.2, 0) is 6.54 Å². The maximum Gasteiger partial charge on any atom is 0.304 e. The highest BCUT2D eigenvalue weighted by atomic mass is 32.1. The first-order valence-electron chi connectivity index (χ1n) is 5.09. The molecule has 0 atom stereocenters. The van der Waals surface area contributed by atoms with Crippen LogP contribution in [0.3, 0.4) is 0 Å². The third kappa shape index (κ3) is 1.91. The van der Waals surface area contributed by atoms with E-state index in [1.165, 1.54) is 6.33 Å². The molecule has 3 aromatic rings. The van der Waals surface area contributed by atoms with Crippen LogP contribution in [0.2, 0.25) is 0 Å². The lowest BCUT2D eigenvalue weighted by Crippen LogP contribution is -2.06. The van der Waals surface area contributed by atoms with Crippen molar-refractivity contribution in [3.63, 3.8) is 0 Å². The van der Waals surface area contributed by atoms with Crippen molar-refractivity contribution in [2.24, 2.45) is 0 Å². The Labute approximate surface area is 104 Å². The van der Waals surface area contributed by atoms with Gasteiger partial charge in [-0.1, -0.05) is 11.3 Å². The first-order valence-corrected chi connectivity index (χ1v) is 5.97. The summed E-state index contributed by atoms with van der Waals surface area (Å²) in [5.41, 5.74) is 7.56. The zero-order chi connectivity index (χ0) is 12.5. The summed E-state index contributed by atoms with van der Waals surface area (Å²) in [7, 11) is 0. The van der Waals surface area contributed by atoms with Crippen LogP contribution in [0.25, 0.3) is 11.2 Å². The van der Waals surface area contributed by atoms with Gasteiger partial charge in [-0.25, -0.2) is 4.98 Å². The second-order valence-electron chi connectivity index (χ2n) is 3.56. The maximum atomic E-state index is 11.0. The van der Waals surface area contributed by atoms with Crippen molar-refractivity contribution in [1.29, 1.82) is 0 Å². The number of fused-ring (bicyclic) bond motifs is 1. The van der Waals surface area contributed by atoms with Gasteiger partial charge in [-0.05, 0) is 0 Å². The molecule has 0 aromatic carbocycles. The van der Waals surface area contributed by atoms with Crippen molar-refractivity contribution in [3.05, 3.63) is 27.1 Å². The summed E-state index contributed by atoms with van der Waals surface area (Å²) in [6.45, 7) is 0.448. The number of imidazole rings is 1. The predicted molar refractivity (Wildman–Crippen MR) is 68.4 cm³/mol. The Bertz CT molecular complexity index is 743. The molecule has 0 saturated heterocycles. The Morgan fingerprint density at radius 3 is 3.11 bits per heavy atom. The lowest BCUT2D eigenvalue weighted by molar-refractivity contribution is 1.04. The Kier molecular flexibility index (Phi) is 2.45. The van der Waals surface area contributed by atoms with Gasteiger partial charge < -0.3 is 21.0 Å². The summed E-state index contributed by atoms with van der Waals surface area (Å²) in [6, 6.07) is 0. The second-order valence-corrected chi connectivity index (χ2v) is 4.40. The number of rotatable bonds is 3. The highest BCUT2D eigenvalue weighted by molar-refractivity contribution is 7.07. The van der Waals surface area contributed by atoms with Crippen molar-refractivity contribution in [1.82, 2.24) is 24.9 Å². The molecule has 0 aliphatic carbocycles. The average Bonchev–Trinajstić information content (AvgIpc) is 2.94. The van der Waals surface area contributed by atoms with Gasteiger partial charge in [-0.15, -0.1) is 0 Å². The van der Waals surface area contributed by atoms with E-state index in [0.717, 1.165) is 17.0 Å². The first kappa shape index (κ1) is 10.7. The molecule has 0 fully saturated rings. The van der Waals surface area contributed by atoms with Gasteiger partial charge in [-0.3, -0.25) is 4.79 Å². The van der Waals surface area contributed by atoms with Crippen LogP contribution in [0.15, 0.2) is 16.5 Å². The maximum absolute atomic E-state index is 11.0. The highest BCUT2D eigenvalue weighted by Gasteiger charge is 2.08. The predicted octanol–water partition coefficient (Wildman–Crippen LogP) is 0.297. The molecule has 3 heterocycles. The highest BCUT2D eigenvalue weighted by Crippen LogP contribution is 2.17. The smallest absolute Gasteiger partial charge is 0.304 e. The van der Waals surface area contributed by atoms with E-state index < -0.39 is 0 Å². The van der Waals surface area contributed by atoms with Crippen LogP contribution in [0.1, 0.15) is 5.69 Å². The van der Waals surface area contributed by atoms with E-state index in [-0.39, 0.29) is 10.8 Å². The fourth-order valence-corrected chi connectivity index (χ4v) is 2.14. The minimum atomic E-state index is -0.0827. The molecule has 18 heavy (non-hydrogen) atoms. The van der Waals surface area contributed by atoms with E-state index >= 15 is 0 Å². The SMILES string of the molecule is Nc1nc(NCc2csc(=O)[nH]2)c2[nH]cnc2n1. The fourth-order valence-electron chi connectivity index (χ4n) is 1.56. The molecule has 0 saturated carbocycles. The topological polar surface area (TPSA) is 125 Å². The van der Waals surface area contributed by atoms with Crippen molar-refractivity contribution >= 4 is 34.3 Å². The number of aromatic nitrogens is 5. The van der Waals surface area contributed by atoms with E-state index in [0.29, 0.717) is 23.5 Å². The van der Waals surface area contributed by atoms with E-state index in [9.17, 15) is 4.79 Å². The molecule has 0 bridgehead atoms. The van der Waals surface area contributed by atoms with Gasteiger partial charge in [0.2, 0.25) is 5.95 Å². The van der Waals surface area contributed by atoms with Crippen molar-refractivity contribution in [2.75, 3.05) is 11.1 Å². The van der Waals surface area contributed by atoms with E-state index in [2.05, 4.69) is 30.2 Å². The minimum absolute atomic E-state index is 0.0827. The molecule has 3 rings (SSSR count). The molecule has 5 N–H and O–H groups in total. The largest absolute Gasteiger partial charge is 0.368 e. The van der Waals surface area contributed by atoms with Crippen LogP contribution in [0, 0.1) is 0 Å². The first-order chi connectivity index (χ1) is 8.72. The summed E-state index contributed by atoms with van der Waals surface area (Å²) in [6.07, 6.45) is 1.52. The molecule has 0 unspecified atom stereocenters. The van der Waals surface area contributed by atoms with Gasteiger partial charge in [0, 0.05) is 11.1 Å². The molecule has 0 radical (unpaired) electrons. The second kappa shape index (κ2) is 4.11. The Balaban J connectivity index is 1.90. The Hall–Kier alpha value is -2.42. The van der Waals surface area contributed by atoms with Gasteiger partial charge in [0.1, 0.15) is 5.52 Å². The Morgan fingerprint density at radius 2 is 2.33 bits per heavy atom. The van der Waals surface area contributed by atoms with Crippen LogP contribution in [0.5, 0.6) is 0 Å². The number of nitrogen functional groups attached to an aromatic ring is 1. The van der Waals surface area contributed by atoms with Gasteiger partial charge >= 0.3 is 4.87 Å². The third-order valence-corrected chi connectivity index (χ3v) is 3.04. The van der Waals surface area contributed by atoms with Crippen molar-refractivity contribution in [3.8, 4) is 0 Å². The quantitative estimate of drug-likeness (QED) is 0.538. The van der Waals surface area contributed by atoms with Gasteiger partial charge in [0.15, 0.2) is 11.5 Å².